The summed E-state index contributed by atoms with van der Waals surface area (Å²) in [7, 11) is 2.13. The summed E-state index contributed by atoms with van der Waals surface area (Å²) in [4.78, 5) is 0. The highest BCUT2D eigenvalue weighted by Crippen LogP contribution is 2.29. The highest BCUT2D eigenvalue weighted by Gasteiger charge is 2.30. The third-order valence-corrected chi connectivity index (χ3v) is 4.90. The van der Waals surface area contributed by atoms with Gasteiger partial charge in [0.25, 0.3) is 0 Å². The molecule has 106 valence electrons. The molecule has 0 bridgehead atoms. The number of hydrogen-bond acceptors (Lipinski definition) is 3. The molecule has 0 spiro atoms. The minimum absolute atomic E-state index is 0.535. The number of piperidine rings is 1. The van der Waals surface area contributed by atoms with Gasteiger partial charge in [-0.1, -0.05) is 13.3 Å². The summed E-state index contributed by atoms with van der Waals surface area (Å²) in [5, 5.41) is 7.04. The number of nitrogens with one attached hydrogen (secondary N) is 2. The van der Waals surface area contributed by atoms with Gasteiger partial charge in [-0.3, -0.25) is 0 Å². The molecule has 0 aromatic carbocycles. The van der Waals surface area contributed by atoms with E-state index in [2.05, 4.69) is 24.6 Å². The predicted octanol–water partition coefficient (Wildman–Crippen LogP) is 2.17. The van der Waals surface area contributed by atoms with Gasteiger partial charge in [-0.05, 0) is 64.1 Å². The highest BCUT2D eigenvalue weighted by molar-refractivity contribution is 4.85. The van der Waals surface area contributed by atoms with Crippen molar-refractivity contribution in [3.8, 4) is 0 Å². The zero-order valence-corrected chi connectivity index (χ0v) is 12.1. The maximum Gasteiger partial charge on any atom is 0.0604 e. The van der Waals surface area contributed by atoms with Crippen molar-refractivity contribution in [2.45, 2.75) is 57.6 Å². The van der Waals surface area contributed by atoms with Gasteiger partial charge in [0.15, 0.2) is 0 Å². The molecule has 0 saturated carbocycles. The summed E-state index contributed by atoms with van der Waals surface area (Å²) < 4.78 is 5.90. The number of ether oxygens (including phenoxy) is 1. The Kier molecular flexibility index (Phi) is 5.93. The number of rotatable bonds is 6. The fourth-order valence-corrected chi connectivity index (χ4v) is 3.67. The largest absolute Gasteiger partial charge is 0.378 e. The molecular weight excluding hydrogens is 224 g/mol. The molecule has 0 radical (unpaired) electrons. The van der Waals surface area contributed by atoms with Crippen LogP contribution in [-0.2, 0) is 4.74 Å². The normalized spacial score (nSPS) is 29.3. The third kappa shape index (κ3) is 3.69. The molecule has 0 aliphatic carbocycles. The molecule has 3 atom stereocenters. The van der Waals surface area contributed by atoms with E-state index in [1.807, 2.05) is 0 Å². The molecular formula is C15H30N2O. The van der Waals surface area contributed by atoms with Gasteiger partial charge >= 0.3 is 0 Å². The third-order valence-electron chi connectivity index (χ3n) is 4.90. The highest BCUT2D eigenvalue weighted by atomic mass is 16.5. The maximum atomic E-state index is 5.90. The van der Waals surface area contributed by atoms with E-state index >= 15 is 0 Å². The average Bonchev–Trinajstić information content (AvgIpc) is 2.95. The Labute approximate surface area is 112 Å². The van der Waals surface area contributed by atoms with Crippen LogP contribution in [0.1, 0.15) is 45.4 Å². The van der Waals surface area contributed by atoms with Crippen LogP contribution in [0.3, 0.4) is 0 Å². The second-order valence-electron chi connectivity index (χ2n) is 5.94. The molecule has 3 unspecified atom stereocenters. The quantitative estimate of drug-likeness (QED) is 0.762. The van der Waals surface area contributed by atoms with Gasteiger partial charge in [0, 0.05) is 12.6 Å². The van der Waals surface area contributed by atoms with E-state index in [0.717, 1.165) is 18.4 Å². The lowest BCUT2D eigenvalue weighted by Gasteiger charge is -2.34. The minimum Gasteiger partial charge on any atom is -0.378 e. The van der Waals surface area contributed by atoms with E-state index in [4.69, 9.17) is 4.74 Å². The fourth-order valence-electron chi connectivity index (χ4n) is 3.67. The van der Waals surface area contributed by atoms with Gasteiger partial charge in [0.05, 0.1) is 6.10 Å². The molecule has 2 heterocycles. The summed E-state index contributed by atoms with van der Waals surface area (Å²) in [6, 6.07) is 0.682. The van der Waals surface area contributed by atoms with Crippen LogP contribution in [0.25, 0.3) is 0 Å². The first-order valence-electron chi connectivity index (χ1n) is 7.84. The second-order valence-corrected chi connectivity index (χ2v) is 5.94. The van der Waals surface area contributed by atoms with E-state index < -0.39 is 0 Å². The van der Waals surface area contributed by atoms with Crippen molar-refractivity contribution >= 4 is 0 Å². The molecule has 2 N–H and O–H groups in total. The van der Waals surface area contributed by atoms with E-state index in [1.54, 1.807) is 0 Å². The van der Waals surface area contributed by atoms with Crippen LogP contribution in [0, 0.1) is 11.8 Å². The Morgan fingerprint density at radius 3 is 2.61 bits per heavy atom. The van der Waals surface area contributed by atoms with Crippen LogP contribution in [0.15, 0.2) is 0 Å². The topological polar surface area (TPSA) is 33.3 Å². The van der Waals surface area contributed by atoms with E-state index in [1.165, 1.54) is 51.6 Å². The Morgan fingerprint density at radius 2 is 2.06 bits per heavy atom. The molecule has 3 heteroatoms. The van der Waals surface area contributed by atoms with Crippen molar-refractivity contribution in [2.24, 2.45) is 11.8 Å². The van der Waals surface area contributed by atoms with Crippen LogP contribution in [0.4, 0.5) is 0 Å². The standard InChI is InChI=1S/C15H30N2O/c1-3-12(15-5-4-10-18-15)11-14(16-2)13-6-8-17-9-7-13/h12-17H,3-11H2,1-2H3. The minimum atomic E-state index is 0.535. The first kappa shape index (κ1) is 14.3. The van der Waals surface area contributed by atoms with Crippen molar-refractivity contribution in [3.63, 3.8) is 0 Å². The van der Waals surface area contributed by atoms with Crippen LogP contribution < -0.4 is 10.6 Å². The molecule has 2 aliphatic rings. The van der Waals surface area contributed by atoms with Crippen LogP contribution in [0.5, 0.6) is 0 Å². The average molecular weight is 254 g/mol. The lowest BCUT2D eigenvalue weighted by atomic mass is 9.82. The van der Waals surface area contributed by atoms with E-state index in [-0.39, 0.29) is 0 Å². The summed E-state index contributed by atoms with van der Waals surface area (Å²) in [6.45, 7) is 5.69. The Hall–Kier alpha value is -0.120. The van der Waals surface area contributed by atoms with Gasteiger partial charge in [0.1, 0.15) is 0 Å². The van der Waals surface area contributed by atoms with Crippen LogP contribution in [-0.4, -0.2) is 38.9 Å². The lowest BCUT2D eigenvalue weighted by Crippen LogP contribution is -2.42. The molecule has 0 aromatic heterocycles. The second kappa shape index (κ2) is 7.46. The van der Waals surface area contributed by atoms with Crippen LogP contribution in [0.2, 0.25) is 0 Å². The van der Waals surface area contributed by atoms with E-state index in [0.29, 0.717) is 12.1 Å². The smallest absolute Gasteiger partial charge is 0.0604 e. The summed E-state index contributed by atoms with van der Waals surface area (Å²) in [5.74, 6) is 1.60. The molecule has 2 saturated heterocycles. The number of hydrogen-bond donors (Lipinski definition) is 2. The van der Waals surface area contributed by atoms with Gasteiger partial charge in [0.2, 0.25) is 0 Å². The maximum absolute atomic E-state index is 5.90. The fraction of sp³-hybridized carbons (Fsp3) is 1.00. The lowest BCUT2D eigenvalue weighted by molar-refractivity contribution is 0.0493. The Bertz CT molecular complexity index is 223. The monoisotopic (exact) mass is 254 g/mol. The molecule has 18 heavy (non-hydrogen) atoms. The van der Waals surface area contributed by atoms with Gasteiger partial charge in [-0.15, -0.1) is 0 Å². The zero-order chi connectivity index (χ0) is 12.8. The molecule has 2 fully saturated rings. The first-order valence-corrected chi connectivity index (χ1v) is 7.84. The Balaban J connectivity index is 1.86. The van der Waals surface area contributed by atoms with Crippen LogP contribution >= 0.6 is 0 Å². The summed E-state index contributed by atoms with van der Waals surface area (Å²) in [6.07, 6.45) is 8.28. The van der Waals surface area contributed by atoms with Crippen molar-refractivity contribution < 1.29 is 4.74 Å². The van der Waals surface area contributed by atoms with Crippen molar-refractivity contribution in [3.05, 3.63) is 0 Å². The molecule has 2 aliphatic heterocycles. The molecule has 2 rings (SSSR count). The summed E-state index contributed by atoms with van der Waals surface area (Å²) in [5.41, 5.74) is 0. The van der Waals surface area contributed by atoms with Crippen molar-refractivity contribution in [1.29, 1.82) is 0 Å². The molecule has 3 nitrogen and oxygen atoms in total. The van der Waals surface area contributed by atoms with E-state index in [9.17, 15) is 0 Å². The van der Waals surface area contributed by atoms with Gasteiger partial charge in [-0.2, -0.15) is 0 Å². The molecule has 0 amide bonds. The Morgan fingerprint density at radius 1 is 1.28 bits per heavy atom. The molecule has 0 aromatic rings. The first-order chi connectivity index (χ1) is 8.85. The van der Waals surface area contributed by atoms with Crippen molar-refractivity contribution in [2.75, 3.05) is 26.7 Å². The van der Waals surface area contributed by atoms with Crippen molar-refractivity contribution in [1.82, 2.24) is 10.6 Å². The predicted molar refractivity (Wildman–Crippen MR) is 75.8 cm³/mol. The van der Waals surface area contributed by atoms with Gasteiger partial charge < -0.3 is 15.4 Å². The van der Waals surface area contributed by atoms with Gasteiger partial charge in [-0.25, -0.2) is 0 Å². The SMILES string of the molecule is CCC(CC(NC)C1CCNCC1)C1CCCO1. The zero-order valence-electron chi connectivity index (χ0n) is 12.1. The summed E-state index contributed by atoms with van der Waals surface area (Å²) >= 11 is 0.